The van der Waals surface area contributed by atoms with Crippen molar-refractivity contribution in [2.45, 2.75) is 39.5 Å². The third kappa shape index (κ3) is 4.36. The average Bonchev–Trinajstić information content (AvgIpc) is 3.58. The van der Waals surface area contributed by atoms with E-state index in [1.54, 1.807) is 4.90 Å². The molecular weight excluding hydrogens is 366 g/mol. The molecule has 29 heavy (non-hydrogen) atoms. The number of ether oxygens (including phenoxy) is 1. The van der Waals surface area contributed by atoms with Gasteiger partial charge in [0.05, 0.1) is 12.1 Å². The zero-order chi connectivity index (χ0) is 20.4. The summed E-state index contributed by atoms with van der Waals surface area (Å²) in [6, 6.07) is 5.76. The van der Waals surface area contributed by atoms with Gasteiger partial charge in [0.1, 0.15) is 0 Å². The number of nitrogens with zero attached hydrogens (tertiary/aromatic N) is 3. The number of aryl methyl sites for hydroxylation is 2. The molecule has 0 radical (unpaired) electrons. The molecular formula is C23H29N3O3. The standard InChI is InChI=1S/C23H29N3O3/c1-3-18-15-24-21-14-19(6-7-20(21)16(18)2)22(27)25-9-11-26(12-10-25)23(28)29-13-8-17-4-5-17/h6-7,14-15,17H,3-5,8-13H2,1-2H3. The second kappa shape index (κ2) is 8.39. The van der Waals surface area contributed by atoms with E-state index in [1.807, 2.05) is 29.3 Å². The summed E-state index contributed by atoms with van der Waals surface area (Å²) >= 11 is 0. The smallest absolute Gasteiger partial charge is 0.409 e. The summed E-state index contributed by atoms with van der Waals surface area (Å²) in [5.41, 5.74) is 3.96. The van der Waals surface area contributed by atoms with Gasteiger partial charge in [-0.05, 0) is 48.9 Å². The Kier molecular flexibility index (Phi) is 5.69. The lowest BCUT2D eigenvalue weighted by atomic mass is 10.0. The van der Waals surface area contributed by atoms with Gasteiger partial charge in [-0.25, -0.2) is 4.79 Å². The lowest BCUT2D eigenvalue weighted by Crippen LogP contribution is -2.50. The van der Waals surface area contributed by atoms with Crippen molar-refractivity contribution in [2.75, 3.05) is 32.8 Å². The van der Waals surface area contributed by atoms with E-state index >= 15 is 0 Å². The molecule has 4 rings (SSSR count). The van der Waals surface area contributed by atoms with Gasteiger partial charge < -0.3 is 14.5 Å². The van der Waals surface area contributed by atoms with Crippen LogP contribution in [-0.4, -0.2) is 59.6 Å². The van der Waals surface area contributed by atoms with Crippen LogP contribution >= 0.6 is 0 Å². The van der Waals surface area contributed by atoms with Crippen molar-refractivity contribution >= 4 is 22.9 Å². The van der Waals surface area contributed by atoms with Crippen molar-refractivity contribution in [3.05, 3.63) is 41.1 Å². The third-order valence-corrected chi connectivity index (χ3v) is 6.14. The topological polar surface area (TPSA) is 62.7 Å². The Morgan fingerprint density at radius 2 is 1.86 bits per heavy atom. The van der Waals surface area contributed by atoms with Gasteiger partial charge in [0.2, 0.25) is 0 Å². The molecule has 1 aliphatic carbocycles. The van der Waals surface area contributed by atoms with Crippen LogP contribution in [0, 0.1) is 12.8 Å². The van der Waals surface area contributed by atoms with E-state index in [-0.39, 0.29) is 12.0 Å². The van der Waals surface area contributed by atoms with Crippen LogP contribution in [-0.2, 0) is 11.2 Å². The first-order valence-electron chi connectivity index (χ1n) is 10.7. The molecule has 6 heteroatoms. The zero-order valence-corrected chi connectivity index (χ0v) is 17.3. The number of rotatable bonds is 5. The monoisotopic (exact) mass is 395 g/mol. The number of benzene rings is 1. The second-order valence-corrected chi connectivity index (χ2v) is 8.12. The van der Waals surface area contributed by atoms with E-state index in [1.165, 1.54) is 24.0 Å². The number of piperazine rings is 1. The molecule has 0 spiro atoms. The Labute approximate surface area is 171 Å². The second-order valence-electron chi connectivity index (χ2n) is 8.12. The molecule has 1 aliphatic heterocycles. The van der Waals surface area contributed by atoms with Crippen LogP contribution in [0.1, 0.15) is 47.7 Å². The Morgan fingerprint density at radius 1 is 1.14 bits per heavy atom. The maximum absolute atomic E-state index is 12.9. The summed E-state index contributed by atoms with van der Waals surface area (Å²) in [4.78, 5) is 33.2. The highest BCUT2D eigenvalue weighted by molar-refractivity contribution is 5.98. The van der Waals surface area contributed by atoms with Crippen molar-refractivity contribution in [2.24, 2.45) is 5.92 Å². The molecule has 2 fully saturated rings. The minimum Gasteiger partial charge on any atom is -0.449 e. The van der Waals surface area contributed by atoms with Gasteiger partial charge >= 0.3 is 6.09 Å². The maximum Gasteiger partial charge on any atom is 0.409 e. The molecule has 6 nitrogen and oxygen atoms in total. The molecule has 1 aromatic heterocycles. The number of hydrogen-bond acceptors (Lipinski definition) is 4. The van der Waals surface area contributed by atoms with Crippen LogP contribution in [0.2, 0.25) is 0 Å². The van der Waals surface area contributed by atoms with Crippen molar-refractivity contribution < 1.29 is 14.3 Å². The lowest BCUT2D eigenvalue weighted by Gasteiger charge is -2.34. The molecule has 2 amide bonds. The average molecular weight is 396 g/mol. The summed E-state index contributed by atoms with van der Waals surface area (Å²) in [5, 5.41) is 1.10. The fourth-order valence-corrected chi connectivity index (χ4v) is 3.95. The van der Waals surface area contributed by atoms with Crippen molar-refractivity contribution in [3.8, 4) is 0 Å². The van der Waals surface area contributed by atoms with Crippen LogP contribution in [0.4, 0.5) is 4.79 Å². The number of carbonyl (C=O) groups excluding carboxylic acids is 2. The molecule has 0 bridgehead atoms. The van der Waals surface area contributed by atoms with Gasteiger partial charge in [-0.2, -0.15) is 0 Å². The fraction of sp³-hybridized carbons (Fsp3) is 0.522. The van der Waals surface area contributed by atoms with Gasteiger partial charge in [-0.3, -0.25) is 9.78 Å². The van der Waals surface area contributed by atoms with E-state index in [4.69, 9.17) is 4.74 Å². The third-order valence-electron chi connectivity index (χ3n) is 6.14. The maximum atomic E-state index is 12.9. The Hall–Kier alpha value is -2.63. The molecule has 1 saturated carbocycles. The number of aromatic nitrogens is 1. The molecule has 0 unspecified atom stereocenters. The predicted molar refractivity (Wildman–Crippen MR) is 112 cm³/mol. The zero-order valence-electron chi connectivity index (χ0n) is 17.3. The van der Waals surface area contributed by atoms with E-state index in [2.05, 4.69) is 18.8 Å². The molecule has 2 heterocycles. The first-order chi connectivity index (χ1) is 14.1. The van der Waals surface area contributed by atoms with Crippen molar-refractivity contribution in [3.63, 3.8) is 0 Å². The van der Waals surface area contributed by atoms with Crippen molar-refractivity contribution in [1.29, 1.82) is 0 Å². The minimum absolute atomic E-state index is 0.00679. The Balaban J connectivity index is 1.35. The van der Waals surface area contributed by atoms with Crippen LogP contribution in [0.5, 0.6) is 0 Å². The molecule has 154 valence electrons. The summed E-state index contributed by atoms with van der Waals surface area (Å²) < 4.78 is 5.37. The highest BCUT2D eigenvalue weighted by atomic mass is 16.6. The first-order valence-corrected chi connectivity index (χ1v) is 10.7. The van der Waals surface area contributed by atoms with Crippen LogP contribution < -0.4 is 0 Å². The normalized spacial score (nSPS) is 16.9. The fourth-order valence-electron chi connectivity index (χ4n) is 3.95. The van der Waals surface area contributed by atoms with Gasteiger partial charge in [-0.15, -0.1) is 0 Å². The Morgan fingerprint density at radius 3 is 2.55 bits per heavy atom. The Bertz CT molecular complexity index is 915. The number of pyridine rings is 1. The molecule has 1 aromatic carbocycles. The largest absolute Gasteiger partial charge is 0.449 e. The molecule has 0 N–H and O–H groups in total. The highest BCUT2D eigenvalue weighted by Crippen LogP contribution is 2.32. The summed E-state index contributed by atoms with van der Waals surface area (Å²) in [6.07, 6.45) is 6.10. The number of hydrogen-bond donors (Lipinski definition) is 0. The summed E-state index contributed by atoms with van der Waals surface area (Å²) in [7, 11) is 0. The predicted octanol–water partition coefficient (Wildman–Crippen LogP) is 3.80. The lowest BCUT2D eigenvalue weighted by molar-refractivity contribution is 0.0555. The molecule has 2 aromatic rings. The highest BCUT2D eigenvalue weighted by Gasteiger charge is 2.27. The molecule has 1 saturated heterocycles. The summed E-state index contributed by atoms with van der Waals surface area (Å²) in [6.45, 7) is 6.80. The minimum atomic E-state index is -0.255. The van der Waals surface area contributed by atoms with Crippen LogP contribution in [0.3, 0.4) is 0 Å². The molecule has 2 aliphatic rings. The number of amides is 2. The molecule has 0 atom stereocenters. The van der Waals surface area contributed by atoms with Gasteiger partial charge in [-0.1, -0.05) is 25.8 Å². The van der Waals surface area contributed by atoms with Crippen LogP contribution in [0.15, 0.2) is 24.4 Å². The number of carbonyl (C=O) groups is 2. The van der Waals surface area contributed by atoms with E-state index in [0.717, 1.165) is 29.7 Å². The van der Waals surface area contributed by atoms with Gasteiger partial charge in [0.25, 0.3) is 5.91 Å². The van der Waals surface area contributed by atoms with E-state index < -0.39 is 0 Å². The number of fused-ring (bicyclic) bond motifs is 1. The van der Waals surface area contributed by atoms with Crippen molar-refractivity contribution in [1.82, 2.24) is 14.8 Å². The van der Waals surface area contributed by atoms with Gasteiger partial charge in [0.15, 0.2) is 0 Å². The van der Waals surface area contributed by atoms with E-state index in [0.29, 0.717) is 38.3 Å². The SMILES string of the molecule is CCc1cnc2cc(C(=O)N3CCN(C(=O)OCCC4CC4)CC3)ccc2c1C. The van der Waals surface area contributed by atoms with Crippen LogP contribution in [0.25, 0.3) is 10.9 Å². The quantitative estimate of drug-likeness (QED) is 0.773. The summed E-state index contributed by atoms with van der Waals surface area (Å²) in [5.74, 6) is 0.749. The van der Waals surface area contributed by atoms with E-state index in [9.17, 15) is 9.59 Å². The first kappa shape index (κ1) is 19.7. The van der Waals surface area contributed by atoms with Gasteiger partial charge in [0, 0.05) is 43.3 Å².